The van der Waals surface area contributed by atoms with Gasteiger partial charge in [0.05, 0.1) is 30.6 Å². The van der Waals surface area contributed by atoms with Crippen molar-refractivity contribution in [2.24, 2.45) is 0 Å². The van der Waals surface area contributed by atoms with Gasteiger partial charge in [0, 0.05) is 12.7 Å². The van der Waals surface area contributed by atoms with E-state index >= 15 is 0 Å². The van der Waals surface area contributed by atoms with Crippen LogP contribution in [0.3, 0.4) is 0 Å². The number of urea groups is 1. The molecule has 3 heterocycles. The predicted molar refractivity (Wildman–Crippen MR) is 98.6 cm³/mol. The van der Waals surface area contributed by atoms with Crippen LogP contribution in [0.2, 0.25) is 0 Å². The van der Waals surface area contributed by atoms with E-state index in [9.17, 15) is 4.79 Å². The first-order valence-electron chi connectivity index (χ1n) is 9.93. The molecule has 2 fully saturated rings. The lowest BCUT2D eigenvalue weighted by Gasteiger charge is -2.28. The molecule has 1 unspecified atom stereocenters. The molecule has 6 heteroatoms. The number of likely N-dealkylation sites (tertiary alicyclic amines) is 1. The highest BCUT2D eigenvalue weighted by atomic mass is 16.3. The van der Waals surface area contributed by atoms with Crippen molar-refractivity contribution >= 4 is 6.03 Å². The van der Waals surface area contributed by atoms with Crippen molar-refractivity contribution in [1.29, 1.82) is 0 Å². The van der Waals surface area contributed by atoms with Gasteiger partial charge in [-0.05, 0) is 43.9 Å². The minimum Gasteiger partial charge on any atom is -0.467 e. The van der Waals surface area contributed by atoms with Crippen molar-refractivity contribution in [3.63, 3.8) is 0 Å². The van der Waals surface area contributed by atoms with Crippen molar-refractivity contribution in [3.05, 3.63) is 42.1 Å². The van der Waals surface area contributed by atoms with E-state index in [4.69, 9.17) is 4.42 Å². The Hall–Kier alpha value is -2.24. The maximum atomic E-state index is 12.8. The van der Waals surface area contributed by atoms with E-state index < -0.39 is 0 Å². The molecule has 2 aromatic heterocycles. The summed E-state index contributed by atoms with van der Waals surface area (Å²) in [5, 5.41) is 7.72. The molecule has 1 saturated carbocycles. The zero-order valence-electron chi connectivity index (χ0n) is 15.3. The third-order valence-corrected chi connectivity index (χ3v) is 5.67. The molecule has 6 nitrogen and oxygen atoms in total. The molecule has 140 valence electrons. The molecular weight excluding hydrogens is 328 g/mol. The summed E-state index contributed by atoms with van der Waals surface area (Å²) in [5.41, 5.74) is 0.926. The largest absolute Gasteiger partial charge is 0.467 e. The van der Waals surface area contributed by atoms with Gasteiger partial charge in [0.2, 0.25) is 0 Å². The van der Waals surface area contributed by atoms with Gasteiger partial charge in [-0.3, -0.25) is 4.68 Å². The summed E-state index contributed by atoms with van der Waals surface area (Å²) in [6, 6.07) is 6.43. The molecule has 2 aliphatic rings. The highest BCUT2D eigenvalue weighted by molar-refractivity contribution is 5.74. The average molecular weight is 356 g/mol. The lowest BCUT2D eigenvalue weighted by molar-refractivity contribution is 0.166. The number of furan rings is 1. The summed E-state index contributed by atoms with van der Waals surface area (Å²) < 4.78 is 7.67. The molecule has 0 bridgehead atoms. The van der Waals surface area contributed by atoms with Crippen LogP contribution >= 0.6 is 0 Å². The first-order chi connectivity index (χ1) is 12.8. The quantitative estimate of drug-likeness (QED) is 0.882. The Labute approximate surface area is 154 Å². The van der Waals surface area contributed by atoms with Crippen molar-refractivity contribution in [1.82, 2.24) is 20.0 Å². The Morgan fingerprint density at radius 1 is 1.15 bits per heavy atom. The van der Waals surface area contributed by atoms with Crippen LogP contribution in [0.15, 0.2) is 35.1 Å². The van der Waals surface area contributed by atoms with E-state index in [-0.39, 0.29) is 12.1 Å². The Bertz CT molecular complexity index is 703. The molecule has 1 aliphatic carbocycles. The van der Waals surface area contributed by atoms with Gasteiger partial charge >= 0.3 is 6.03 Å². The van der Waals surface area contributed by atoms with Crippen LogP contribution in [0, 0.1) is 0 Å². The van der Waals surface area contributed by atoms with E-state index in [1.54, 1.807) is 6.26 Å². The van der Waals surface area contributed by atoms with Crippen molar-refractivity contribution in [2.75, 3.05) is 6.54 Å². The molecule has 26 heavy (non-hydrogen) atoms. The number of amides is 2. The molecule has 0 aromatic carbocycles. The van der Waals surface area contributed by atoms with E-state index in [0.717, 1.165) is 43.7 Å². The third-order valence-electron chi connectivity index (χ3n) is 5.67. The fraction of sp³-hybridized carbons (Fsp3) is 0.600. The highest BCUT2D eigenvalue weighted by Crippen LogP contribution is 2.31. The summed E-state index contributed by atoms with van der Waals surface area (Å²) in [6.07, 6.45) is 13.0. The molecule has 0 spiro atoms. The Balaban J connectivity index is 1.38. The average Bonchev–Trinajstić information content (AvgIpc) is 3.40. The lowest BCUT2D eigenvalue weighted by Crippen LogP contribution is -2.41. The molecule has 1 saturated heterocycles. The van der Waals surface area contributed by atoms with Crippen LogP contribution in [0.5, 0.6) is 0 Å². The highest BCUT2D eigenvalue weighted by Gasteiger charge is 2.28. The number of carbonyl (C=O) groups is 1. The van der Waals surface area contributed by atoms with Gasteiger partial charge in [0.25, 0.3) is 0 Å². The monoisotopic (exact) mass is 356 g/mol. The molecule has 1 atom stereocenters. The maximum absolute atomic E-state index is 12.8. The number of rotatable bonds is 4. The second-order valence-corrected chi connectivity index (χ2v) is 7.46. The number of hydrogen-bond donors (Lipinski definition) is 1. The van der Waals surface area contributed by atoms with Gasteiger partial charge in [-0.25, -0.2) is 4.79 Å². The molecule has 4 rings (SSSR count). The van der Waals surface area contributed by atoms with Crippen LogP contribution in [-0.4, -0.2) is 27.3 Å². The molecule has 0 radical (unpaired) electrons. The van der Waals surface area contributed by atoms with Crippen LogP contribution in [-0.2, 0) is 6.54 Å². The van der Waals surface area contributed by atoms with E-state index in [0.29, 0.717) is 12.6 Å². The molecule has 2 aromatic rings. The Morgan fingerprint density at radius 3 is 2.81 bits per heavy atom. The van der Waals surface area contributed by atoms with Crippen molar-refractivity contribution in [2.45, 2.75) is 70.0 Å². The molecular formula is C20H28N4O2. The molecule has 1 N–H and O–H groups in total. The summed E-state index contributed by atoms with van der Waals surface area (Å²) in [5.74, 6) is 0.882. The third kappa shape index (κ3) is 3.79. The van der Waals surface area contributed by atoms with Gasteiger partial charge in [0.15, 0.2) is 0 Å². The first-order valence-corrected chi connectivity index (χ1v) is 9.93. The fourth-order valence-corrected chi connectivity index (χ4v) is 4.24. The van der Waals surface area contributed by atoms with Gasteiger partial charge in [-0.2, -0.15) is 5.10 Å². The van der Waals surface area contributed by atoms with E-state index in [1.165, 1.54) is 25.7 Å². The number of hydrogen-bond acceptors (Lipinski definition) is 3. The van der Waals surface area contributed by atoms with E-state index in [2.05, 4.69) is 21.3 Å². The van der Waals surface area contributed by atoms with Gasteiger partial charge in [-0.15, -0.1) is 0 Å². The zero-order valence-corrected chi connectivity index (χ0v) is 15.3. The predicted octanol–water partition coefficient (Wildman–Crippen LogP) is 4.42. The van der Waals surface area contributed by atoms with Gasteiger partial charge in [-0.1, -0.05) is 25.7 Å². The SMILES string of the molecule is O=C(NCc1ccn(C2CCCC2)n1)N1CCCCCC1c1ccco1. The Kier molecular flexibility index (Phi) is 5.27. The second kappa shape index (κ2) is 7.98. The lowest BCUT2D eigenvalue weighted by atomic mass is 10.1. The van der Waals surface area contributed by atoms with Crippen LogP contribution in [0.1, 0.15) is 74.9 Å². The smallest absolute Gasteiger partial charge is 0.318 e. The molecule has 2 amide bonds. The second-order valence-electron chi connectivity index (χ2n) is 7.46. The minimum absolute atomic E-state index is 0.0243. The zero-order chi connectivity index (χ0) is 17.8. The summed E-state index contributed by atoms with van der Waals surface area (Å²) in [4.78, 5) is 14.8. The number of nitrogens with one attached hydrogen (secondary N) is 1. The summed E-state index contributed by atoms with van der Waals surface area (Å²) in [7, 11) is 0. The maximum Gasteiger partial charge on any atom is 0.318 e. The summed E-state index contributed by atoms with van der Waals surface area (Å²) in [6.45, 7) is 1.24. The topological polar surface area (TPSA) is 63.3 Å². The minimum atomic E-state index is -0.0243. The van der Waals surface area contributed by atoms with Crippen LogP contribution in [0.25, 0.3) is 0 Å². The van der Waals surface area contributed by atoms with Crippen LogP contribution in [0.4, 0.5) is 4.79 Å². The first kappa shape index (κ1) is 17.2. The fourth-order valence-electron chi connectivity index (χ4n) is 4.24. The summed E-state index contributed by atoms with van der Waals surface area (Å²) >= 11 is 0. The van der Waals surface area contributed by atoms with E-state index in [1.807, 2.05) is 23.1 Å². The Morgan fingerprint density at radius 2 is 2.00 bits per heavy atom. The standard InChI is InChI=1S/C20H28N4O2/c25-20(21-15-16-11-13-24(22-16)17-7-3-4-8-17)23-12-5-1-2-9-18(23)19-10-6-14-26-19/h6,10-11,13-14,17-18H,1-5,7-9,12,15H2,(H,21,25). The van der Waals surface area contributed by atoms with Gasteiger partial charge in [0.1, 0.15) is 5.76 Å². The van der Waals surface area contributed by atoms with Crippen molar-refractivity contribution < 1.29 is 9.21 Å². The van der Waals surface area contributed by atoms with Crippen LogP contribution < -0.4 is 5.32 Å². The normalized spacial score (nSPS) is 21.7. The number of carbonyl (C=O) groups excluding carboxylic acids is 1. The number of aromatic nitrogens is 2. The molecule has 1 aliphatic heterocycles. The van der Waals surface area contributed by atoms with Gasteiger partial charge < -0.3 is 14.6 Å². The van der Waals surface area contributed by atoms with Crippen molar-refractivity contribution in [3.8, 4) is 0 Å². The number of nitrogens with zero attached hydrogens (tertiary/aromatic N) is 3.